The van der Waals surface area contributed by atoms with Crippen LogP contribution in [-0.2, 0) is 0 Å². The van der Waals surface area contributed by atoms with Gasteiger partial charge in [-0.25, -0.2) is 0 Å². The topological polar surface area (TPSA) is 47.3 Å². The van der Waals surface area contributed by atoms with Crippen molar-refractivity contribution < 1.29 is 4.74 Å². The molecule has 0 spiro atoms. The summed E-state index contributed by atoms with van der Waals surface area (Å²) in [7, 11) is 0. The number of rotatable bonds is 9. The van der Waals surface area contributed by atoms with E-state index >= 15 is 0 Å². The first kappa shape index (κ1) is 15.7. The molecular weight excluding hydrogens is 236 g/mol. The molecule has 19 heavy (non-hydrogen) atoms. The van der Waals surface area contributed by atoms with Gasteiger partial charge in [0.05, 0.1) is 6.61 Å². The van der Waals surface area contributed by atoms with E-state index in [1.807, 2.05) is 25.1 Å². The van der Waals surface area contributed by atoms with Crippen LogP contribution < -0.4 is 15.8 Å². The molecule has 0 saturated heterocycles. The number of nitrogens with two attached hydrogens (primary N) is 1. The second-order valence-corrected chi connectivity index (χ2v) is 5.00. The van der Waals surface area contributed by atoms with Crippen molar-refractivity contribution in [2.24, 2.45) is 0 Å². The van der Waals surface area contributed by atoms with Crippen LogP contribution in [0.15, 0.2) is 18.2 Å². The van der Waals surface area contributed by atoms with Crippen LogP contribution in [0.2, 0.25) is 0 Å². The molecule has 0 amide bonds. The summed E-state index contributed by atoms with van der Waals surface area (Å²) >= 11 is 0. The van der Waals surface area contributed by atoms with Crippen molar-refractivity contribution in [2.75, 3.05) is 17.7 Å². The van der Waals surface area contributed by atoms with E-state index in [2.05, 4.69) is 19.2 Å². The van der Waals surface area contributed by atoms with Gasteiger partial charge in [0.1, 0.15) is 5.75 Å². The SMILES string of the molecule is CCCCC(CCC)Nc1cc(N)cc(OCC)c1. The lowest BCUT2D eigenvalue weighted by Crippen LogP contribution is -2.19. The van der Waals surface area contributed by atoms with Gasteiger partial charge in [-0.3, -0.25) is 0 Å². The van der Waals surface area contributed by atoms with E-state index in [0.29, 0.717) is 12.6 Å². The van der Waals surface area contributed by atoms with E-state index in [1.54, 1.807) is 0 Å². The second kappa shape index (κ2) is 8.68. The fourth-order valence-corrected chi connectivity index (χ4v) is 2.28. The second-order valence-electron chi connectivity index (χ2n) is 5.00. The molecule has 0 fully saturated rings. The lowest BCUT2D eigenvalue weighted by atomic mass is 10.0. The molecule has 0 aliphatic rings. The van der Waals surface area contributed by atoms with Crippen LogP contribution >= 0.6 is 0 Å². The Labute approximate surface area is 117 Å². The number of nitrogen functional groups attached to an aromatic ring is 1. The van der Waals surface area contributed by atoms with E-state index < -0.39 is 0 Å². The molecular formula is C16H28N2O. The fourth-order valence-electron chi connectivity index (χ4n) is 2.28. The number of hydrogen-bond acceptors (Lipinski definition) is 3. The summed E-state index contributed by atoms with van der Waals surface area (Å²) in [6, 6.07) is 6.42. The molecule has 3 N–H and O–H groups in total. The third kappa shape index (κ3) is 5.86. The zero-order valence-corrected chi connectivity index (χ0v) is 12.5. The normalized spacial score (nSPS) is 12.2. The number of unbranched alkanes of at least 4 members (excludes halogenated alkanes) is 1. The minimum atomic E-state index is 0.529. The van der Waals surface area contributed by atoms with Crippen LogP contribution in [0.1, 0.15) is 52.9 Å². The summed E-state index contributed by atoms with van der Waals surface area (Å²) in [6.45, 7) is 7.11. The van der Waals surface area contributed by atoms with Crippen molar-refractivity contribution >= 4 is 11.4 Å². The van der Waals surface area contributed by atoms with Crippen molar-refractivity contribution in [3.63, 3.8) is 0 Å². The summed E-state index contributed by atoms with van der Waals surface area (Å²) in [5, 5.41) is 3.59. The Balaban J connectivity index is 2.71. The maximum Gasteiger partial charge on any atom is 0.123 e. The first-order valence-electron chi connectivity index (χ1n) is 7.49. The zero-order valence-electron chi connectivity index (χ0n) is 12.5. The number of benzene rings is 1. The lowest BCUT2D eigenvalue weighted by molar-refractivity contribution is 0.340. The summed E-state index contributed by atoms with van der Waals surface area (Å²) in [5.74, 6) is 0.843. The maximum absolute atomic E-state index is 5.92. The lowest BCUT2D eigenvalue weighted by Gasteiger charge is -2.20. The monoisotopic (exact) mass is 264 g/mol. The van der Waals surface area contributed by atoms with Crippen molar-refractivity contribution in [1.29, 1.82) is 0 Å². The number of nitrogens with one attached hydrogen (secondary N) is 1. The molecule has 0 aliphatic heterocycles. The first-order chi connectivity index (χ1) is 9.19. The van der Waals surface area contributed by atoms with E-state index in [4.69, 9.17) is 10.5 Å². The van der Waals surface area contributed by atoms with Gasteiger partial charge in [0.15, 0.2) is 0 Å². The molecule has 3 nitrogen and oxygen atoms in total. The minimum Gasteiger partial charge on any atom is -0.494 e. The third-order valence-corrected chi connectivity index (χ3v) is 3.15. The molecule has 3 heteroatoms. The Morgan fingerprint density at radius 3 is 2.53 bits per heavy atom. The van der Waals surface area contributed by atoms with E-state index in [0.717, 1.165) is 17.1 Å². The average Bonchev–Trinajstić information content (AvgIpc) is 2.36. The standard InChI is InChI=1S/C16H28N2O/c1-4-7-9-14(8-5-2)18-15-10-13(17)11-16(12-15)19-6-3/h10-12,14,18H,4-9,17H2,1-3H3. The molecule has 0 radical (unpaired) electrons. The Morgan fingerprint density at radius 2 is 1.89 bits per heavy atom. The Morgan fingerprint density at radius 1 is 1.11 bits per heavy atom. The Hall–Kier alpha value is -1.38. The van der Waals surface area contributed by atoms with Crippen LogP contribution in [0.4, 0.5) is 11.4 Å². The third-order valence-electron chi connectivity index (χ3n) is 3.15. The Bertz CT molecular complexity index is 366. The summed E-state index contributed by atoms with van der Waals surface area (Å²) in [4.78, 5) is 0. The summed E-state index contributed by atoms with van der Waals surface area (Å²) in [6.07, 6.45) is 6.10. The maximum atomic E-state index is 5.92. The van der Waals surface area contributed by atoms with Crippen LogP contribution in [0, 0.1) is 0 Å². The van der Waals surface area contributed by atoms with Crippen molar-refractivity contribution in [2.45, 2.75) is 58.9 Å². The molecule has 0 bridgehead atoms. The molecule has 0 saturated carbocycles. The quantitative estimate of drug-likeness (QED) is 0.648. The van der Waals surface area contributed by atoms with Gasteiger partial charge in [0.25, 0.3) is 0 Å². The summed E-state index contributed by atoms with van der Waals surface area (Å²) in [5.41, 5.74) is 7.74. The highest BCUT2D eigenvalue weighted by Gasteiger charge is 2.08. The van der Waals surface area contributed by atoms with Crippen LogP contribution in [-0.4, -0.2) is 12.6 Å². The fraction of sp³-hybridized carbons (Fsp3) is 0.625. The minimum absolute atomic E-state index is 0.529. The van der Waals surface area contributed by atoms with Gasteiger partial charge in [0, 0.05) is 29.5 Å². The molecule has 1 rings (SSSR count). The average molecular weight is 264 g/mol. The van der Waals surface area contributed by atoms with Crippen LogP contribution in [0.25, 0.3) is 0 Å². The highest BCUT2D eigenvalue weighted by atomic mass is 16.5. The molecule has 0 heterocycles. The molecule has 1 aromatic carbocycles. The van der Waals surface area contributed by atoms with Gasteiger partial charge >= 0.3 is 0 Å². The van der Waals surface area contributed by atoms with Crippen molar-refractivity contribution in [3.8, 4) is 5.75 Å². The smallest absolute Gasteiger partial charge is 0.123 e. The van der Waals surface area contributed by atoms with Crippen LogP contribution in [0.5, 0.6) is 5.75 Å². The zero-order chi connectivity index (χ0) is 14.1. The van der Waals surface area contributed by atoms with Gasteiger partial charge < -0.3 is 15.8 Å². The first-order valence-corrected chi connectivity index (χ1v) is 7.49. The van der Waals surface area contributed by atoms with Gasteiger partial charge in [0.2, 0.25) is 0 Å². The van der Waals surface area contributed by atoms with E-state index in [-0.39, 0.29) is 0 Å². The molecule has 1 aromatic rings. The number of anilines is 2. The van der Waals surface area contributed by atoms with Crippen molar-refractivity contribution in [1.82, 2.24) is 0 Å². The number of hydrogen-bond donors (Lipinski definition) is 2. The number of ether oxygens (including phenoxy) is 1. The molecule has 1 unspecified atom stereocenters. The van der Waals surface area contributed by atoms with Gasteiger partial charge in [-0.1, -0.05) is 33.1 Å². The molecule has 108 valence electrons. The van der Waals surface area contributed by atoms with Gasteiger partial charge in [-0.15, -0.1) is 0 Å². The highest BCUT2D eigenvalue weighted by molar-refractivity contribution is 5.59. The van der Waals surface area contributed by atoms with Gasteiger partial charge in [-0.2, -0.15) is 0 Å². The predicted molar refractivity (Wildman–Crippen MR) is 83.9 cm³/mol. The Kier molecular flexibility index (Phi) is 7.16. The van der Waals surface area contributed by atoms with E-state index in [1.165, 1.54) is 32.1 Å². The van der Waals surface area contributed by atoms with Gasteiger partial charge in [-0.05, 0) is 25.8 Å². The van der Waals surface area contributed by atoms with E-state index in [9.17, 15) is 0 Å². The largest absolute Gasteiger partial charge is 0.494 e. The molecule has 0 aliphatic carbocycles. The van der Waals surface area contributed by atoms with Crippen LogP contribution in [0.3, 0.4) is 0 Å². The van der Waals surface area contributed by atoms with Crippen molar-refractivity contribution in [3.05, 3.63) is 18.2 Å². The molecule has 1 atom stereocenters. The summed E-state index contributed by atoms with van der Waals surface area (Å²) < 4.78 is 5.53. The molecule has 0 aromatic heterocycles. The predicted octanol–water partition coefficient (Wildman–Crippen LogP) is 4.44. The highest BCUT2D eigenvalue weighted by Crippen LogP contribution is 2.24.